The SMILES string of the molecule is O=C(O)CCCCCCC1[C@@H](CCC(O)c2ccc3cccc(F)c3c2)[C@H](O)C[C@@H]1O. The Labute approximate surface area is 182 Å². The molecule has 0 aliphatic heterocycles. The molecule has 6 heteroatoms. The van der Waals surface area contributed by atoms with Crippen LogP contribution in [0.25, 0.3) is 10.8 Å². The van der Waals surface area contributed by atoms with Gasteiger partial charge in [-0.15, -0.1) is 0 Å². The van der Waals surface area contributed by atoms with E-state index in [-0.39, 0.29) is 24.1 Å². The summed E-state index contributed by atoms with van der Waals surface area (Å²) in [5, 5.41) is 41.5. The number of benzene rings is 2. The van der Waals surface area contributed by atoms with Crippen LogP contribution in [-0.2, 0) is 4.79 Å². The van der Waals surface area contributed by atoms with Gasteiger partial charge in [0.2, 0.25) is 0 Å². The van der Waals surface area contributed by atoms with Crippen molar-refractivity contribution < 1.29 is 29.6 Å². The number of rotatable bonds is 11. The highest BCUT2D eigenvalue weighted by molar-refractivity contribution is 5.83. The molecule has 4 N–H and O–H groups in total. The lowest BCUT2D eigenvalue weighted by molar-refractivity contribution is -0.137. The average Bonchev–Trinajstić information content (AvgIpc) is 3.01. The van der Waals surface area contributed by atoms with Crippen molar-refractivity contribution in [3.8, 4) is 0 Å². The summed E-state index contributed by atoms with van der Waals surface area (Å²) in [6.07, 6.45) is 3.74. The van der Waals surface area contributed by atoms with Crippen LogP contribution in [0.3, 0.4) is 0 Å². The van der Waals surface area contributed by atoms with E-state index in [1.807, 2.05) is 6.07 Å². The highest BCUT2D eigenvalue weighted by Gasteiger charge is 2.40. The van der Waals surface area contributed by atoms with Crippen LogP contribution in [-0.4, -0.2) is 38.6 Å². The number of halogens is 1. The van der Waals surface area contributed by atoms with Gasteiger partial charge in [0.25, 0.3) is 0 Å². The molecule has 0 spiro atoms. The molecule has 3 rings (SSSR count). The van der Waals surface area contributed by atoms with Crippen molar-refractivity contribution in [3.05, 3.63) is 47.8 Å². The van der Waals surface area contributed by atoms with Crippen LogP contribution in [0.15, 0.2) is 36.4 Å². The zero-order valence-corrected chi connectivity index (χ0v) is 17.8. The summed E-state index contributed by atoms with van der Waals surface area (Å²) in [4.78, 5) is 10.6. The van der Waals surface area contributed by atoms with Crippen molar-refractivity contribution in [2.75, 3.05) is 0 Å². The molecule has 0 saturated heterocycles. The van der Waals surface area contributed by atoms with Gasteiger partial charge < -0.3 is 20.4 Å². The molecule has 1 aliphatic carbocycles. The number of carbonyl (C=O) groups is 1. The maximum atomic E-state index is 14.1. The van der Waals surface area contributed by atoms with Crippen molar-refractivity contribution >= 4 is 16.7 Å². The predicted octanol–water partition coefficient (Wildman–Crippen LogP) is 4.58. The minimum atomic E-state index is -0.776. The van der Waals surface area contributed by atoms with Gasteiger partial charge in [-0.1, -0.05) is 43.5 Å². The van der Waals surface area contributed by atoms with Crippen LogP contribution < -0.4 is 0 Å². The maximum Gasteiger partial charge on any atom is 0.303 e. The first kappa shape index (κ1) is 23.6. The number of fused-ring (bicyclic) bond motifs is 1. The Morgan fingerprint density at radius 1 is 1.00 bits per heavy atom. The second kappa shape index (κ2) is 11.0. The summed E-state index contributed by atoms with van der Waals surface area (Å²) in [6.45, 7) is 0. The number of carboxylic acids is 1. The van der Waals surface area contributed by atoms with E-state index in [1.165, 1.54) is 6.07 Å². The Balaban J connectivity index is 1.53. The number of hydrogen-bond donors (Lipinski definition) is 4. The number of unbranched alkanes of at least 4 members (excludes halogenated alkanes) is 3. The fourth-order valence-corrected chi connectivity index (χ4v) is 4.97. The van der Waals surface area contributed by atoms with Gasteiger partial charge in [-0.2, -0.15) is 0 Å². The highest BCUT2D eigenvalue weighted by Crippen LogP contribution is 2.40. The lowest BCUT2D eigenvalue weighted by atomic mass is 9.84. The maximum absolute atomic E-state index is 14.1. The standard InChI is InChI=1S/C25H33FO5/c26-21-8-5-6-16-10-11-17(14-20(16)21)22(27)13-12-19-18(23(28)15-24(19)29)7-3-1-2-4-9-25(30)31/h5-6,8,10-11,14,18-19,22-24,27-29H,1-4,7,9,12-13,15H2,(H,30,31)/t18?,19-,22?,23+,24-/m1/s1. The van der Waals surface area contributed by atoms with Crippen LogP contribution in [0, 0.1) is 17.7 Å². The number of aliphatic carboxylic acids is 1. The summed E-state index contributed by atoms with van der Waals surface area (Å²) in [6, 6.07) is 10.2. The van der Waals surface area contributed by atoms with Crippen LogP contribution in [0.5, 0.6) is 0 Å². The van der Waals surface area contributed by atoms with E-state index in [0.717, 1.165) is 31.1 Å². The zero-order chi connectivity index (χ0) is 22.4. The van der Waals surface area contributed by atoms with E-state index >= 15 is 0 Å². The quantitative estimate of drug-likeness (QED) is 0.390. The molecule has 0 radical (unpaired) electrons. The highest BCUT2D eigenvalue weighted by atomic mass is 19.1. The van der Waals surface area contributed by atoms with Gasteiger partial charge in [0.05, 0.1) is 18.3 Å². The van der Waals surface area contributed by atoms with E-state index < -0.39 is 24.3 Å². The van der Waals surface area contributed by atoms with Gasteiger partial charge in [-0.3, -0.25) is 4.79 Å². The third-order valence-electron chi connectivity index (χ3n) is 6.71. The normalized spacial score (nSPS) is 24.5. The van der Waals surface area contributed by atoms with E-state index in [4.69, 9.17) is 5.11 Å². The van der Waals surface area contributed by atoms with E-state index in [0.29, 0.717) is 36.6 Å². The number of carboxylic acid groups (broad SMARTS) is 1. The molecule has 1 fully saturated rings. The van der Waals surface area contributed by atoms with Crippen LogP contribution >= 0.6 is 0 Å². The molecule has 31 heavy (non-hydrogen) atoms. The van der Waals surface area contributed by atoms with Crippen LogP contribution in [0.4, 0.5) is 4.39 Å². The first-order valence-electron chi connectivity index (χ1n) is 11.3. The molecule has 5 atom stereocenters. The van der Waals surface area contributed by atoms with Crippen molar-refractivity contribution in [2.24, 2.45) is 11.8 Å². The molecular weight excluding hydrogens is 399 g/mol. The smallest absolute Gasteiger partial charge is 0.303 e. The lowest BCUT2D eigenvalue weighted by Crippen LogP contribution is -2.23. The fourth-order valence-electron chi connectivity index (χ4n) is 4.97. The second-order valence-corrected chi connectivity index (χ2v) is 8.86. The van der Waals surface area contributed by atoms with E-state index in [2.05, 4.69) is 0 Å². The monoisotopic (exact) mass is 432 g/mol. The van der Waals surface area contributed by atoms with Crippen LogP contribution in [0.2, 0.25) is 0 Å². The molecule has 1 aliphatic rings. The molecule has 2 unspecified atom stereocenters. The Morgan fingerprint density at radius 2 is 1.71 bits per heavy atom. The van der Waals surface area contributed by atoms with E-state index in [1.54, 1.807) is 24.3 Å². The van der Waals surface area contributed by atoms with Gasteiger partial charge >= 0.3 is 5.97 Å². The first-order chi connectivity index (χ1) is 14.9. The van der Waals surface area contributed by atoms with Crippen molar-refractivity contribution in [2.45, 2.75) is 76.1 Å². The Morgan fingerprint density at radius 3 is 2.45 bits per heavy atom. The van der Waals surface area contributed by atoms with Gasteiger partial charge in [-0.25, -0.2) is 4.39 Å². The average molecular weight is 433 g/mol. The molecule has 5 nitrogen and oxygen atoms in total. The third-order valence-corrected chi connectivity index (χ3v) is 6.71. The molecule has 0 amide bonds. The van der Waals surface area contributed by atoms with Crippen molar-refractivity contribution in [1.82, 2.24) is 0 Å². The molecule has 0 aromatic heterocycles. The molecule has 170 valence electrons. The van der Waals surface area contributed by atoms with Crippen molar-refractivity contribution in [3.63, 3.8) is 0 Å². The summed E-state index contributed by atoms with van der Waals surface area (Å²) in [5.41, 5.74) is 0.653. The number of aliphatic hydroxyl groups is 3. The predicted molar refractivity (Wildman–Crippen MR) is 117 cm³/mol. The summed E-state index contributed by atoms with van der Waals surface area (Å²) < 4.78 is 14.1. The topological polar surface area (TPSA) is 98.0 Å². The minimum absolute atomic E-state index is 0.0179. The van der Waals surface area contributed by atoms with Crippen molar-refractivity contribution in [1.29, 1.82) is 0 Å². The largest absolute Gasteiger partial charge is 0.481 e. The Hall–Kier alpha value is -2.02. The molecule has 0 bridgehead atoms. The summed E-state index contributed by atoms with van der Waals surface area (Å²) in [5.74, 6) is -1.19. The Kier molecular flexibility index (Phi) is 8.41. The van der Waals surface area contributed by atoms with Gasteiger partial charge in [0.15, 0.2) is 0 Å². The van der Waals surface area contributed by atoms with Gasteiger partial charge in [0.1, 0.15) is 5.82 Å². The second-order valence-electron chi connectivity index (χ2n) is 8.86. The number of hydrogen-bond acceptors (Lipinski definition) is 4. The molecule has 0 heterocycles. The third kappa shape index (κ3) is 6.25. The van der Waals surface area contributed by atoms with E-state index in [9.17, 15) is 24.5 Å². The minimum Gasteiger partial charge on any atom is -0.481 e. The molecule has 2 aromatic rings. The van der Waals surface area contributed by atoms with Gasteiger partial charge in [-0.05, 0) is 67.0 Å². The fraction of sp³-hybridized carbons (Fsp3) is 0.560. The summed E-state index contributed by atoms with van der Waals surface area (Å²) in [7, 11) is 0. The lowest BCUT2D eigenvalue weighted by Gasteiger charge is -2.25. The summed E-state index contributed by atoms with van der Waals surface area (Å²) >= 11 is 0. The van der Waals surface area contributed by atoms with Gasteiger partial charge in [0, 0.05) is 11.8 Å². The molecular formula is C25H33FO5. The Bertz CT molecular complexity index is 870. The number of aliphatic hydroxyl groups excluding tert-OH is 3. The van der Waals surface area contributed by atoms with Crippen LogP contribution in [0.1, 0.15) is 69.5 Å². The first-order valence-corrected chi connectivity index (χ1v) is 11.3. The molecule has 1 saturated carbocycles. The zero-order valence-electron chi connectivity index (χ0n) is 17.8. The molecule has 2 aromatic carbocycles.